The first kappa shape index (κ1) is 21.2. The van der Waals surface area contributed by atoms with Crippen LogP contribution in [0, 0.1) is 5.82 Å². The van der Waals surface area contributed by atoms with Crippen LogP contribution in [0.2, 0.25) is 0 Å². The van der Waals surface area contributed by atoms with Crippen LogP contribution in [0.5, 0.6) is 0 Å². The van der Waals surface area contributed by atoms with E-state index in [9.17, 15) is 4.39 Å². The van der Waals surface area contributed by atoms with E-state index in [2.05, 4.69) is 34.4 Å². The maximum absolute atomic E-state index is 13.2. The fraction of sp³-hybridized carbons (Fsp3) is 0.611. The standard InChI is InChI=1S/C18H29FN4.HI/c1-18(2,23-10-5-4-6-11-23)14-22-17(20-3)21-13-15-8-7-9-16(19)12-15;/h7-9,12H,4-6,10-11,13-14H2,1-3H3,(H2,20,21,22);1H. The van der Waals surface area contributed by atoms with Gasteiger partial charge in [0, 0.05) is 25.7 Å². The molecule has 0 saturated carbocycles. The van der Waals surface area contributed by atoms with E-state index in [1.165, 1.54) is 44.5 Å². The van der Waals surface area contributed by atoms with Gasteiger partial charge in [0.25, 0.3) is 0 Å². The number of piperidine rings is 1. The first-order valence-electron chi connectivity index (χ1n) is 8.45. The number of nitrogens with one attached hydrogen (secondary N) is 2. The van der Waals surface area contributed by atoms with Gasteiger partial charge in [-0.05, 0) is 57.5 Å². The van der Waals surface area contributed by atoms with Gasteiger partial charge in [0.2, 0.25) is 0 Å². The molecular weight excluding hydrogens is 418 g/mol. The molecule has 1 aromatic carbocycles. The molecule has 6 heteroatoms. The van der Waals surface area contributed by atoms with Crippen molar-refractivity contribution in [1.82, 2.24) is 15.5 Å². The molecule has 0 amide bonds. The summed E-state index contributed by atoms with van der Waals surface area (Å²) in [6.45, 7) is 8.27. The van der Waals surface area contributed by atoms with Crippen LogP contribution < -0.4 is 10.6 Å². The van der Waals surface area contributed by atoms with E-state index in [0.717, 1.165) is 18.1 Å². The molecule has 2 N–H and O–H groups in total. The summed E-state index contributed by atoms with van der Waals surface area (Å²) >= 11 is 0. The Labute approximate surface area is 162 Å². The van der Waals surface area contributed by atoms with Crippen molar-refractivity contribution in [2.75, 3.05) is 26.7 Å². The molecule has 0 bridgehead atoms. The third kappa shape index (κ3) is 6.55. The second-order valence-corrected chi connectivity index (χ2v) is 6.77. The second-order valence-electron chi connectivity index (χ2n) is 6.77. The zero-order chi connectivity index (χ0) is 16.7. The third-order valence-electron chi connectivity index (χ3n) is 4.47. The largest absolute Gasteiger partial charge is 0.355 e. The summed E-state index contributed by atoms with van der Waals surface area (Å²) in [5, 5.41) is 6.64. The molecule has 0 unspecified atom stereocenters. The van der Waals surface area contributed by atoms with Gasteiger partial charge in [0.1, 0.15) is 5.82 Å². The number of hydrogen-bond donors (Lipinski definition) is 2. The van der Waals surface area contributed by atoms with Gasteiger partial charge in [-0.15, -0.1) is 24.0 Å². The minimum absolute atomic E-state index is 0. The second kappa shape index (κ2) is 10.2. The SMILES string of the molecule is CN=C(NCc1cccc(F)c1)NCC(C)(C)N1CCCCC1.I. The highest BCUT2D eigenvalue weighted by molar-refractivity contribution is 14.0. The van der Waals surface area contributed by atoms with Crippen molar-refractivity contribution in [3.8, 4) is 0 Å². The van der Waals surface area contributed by atoms with Crippen LogP contribution >= 0.6 is 24.0 Å². The Balaban J connectivity index is 0.00000288. The highest BCUT2D eigenvalue weighted by Crippen LogP contribution is 2.19. The van der Waals surface area contributed by atoms with Crippen LogP contribution in [0.25, 0.3) is 0 Å². The lowest BCUT2D eigenvalue weighted by Gasteiger charge is -2.41. The average Bonchev–Trinajstić information content (AvgIpc) is 2.56. The van der Waals surface area contributed by atoms with Gasteiger partial charge < -0.3 is 10.6 Å². The third-order valence-corrected chi connectivity index (χ3v) is 4.47. The molecule has 1 heterocycles. The van der Waals surface area contributed by atoms with Gasteiger partial charge >= 0.3 is 0 Å². The minimum atomic E-state index is -0.210. The molecule has 24 heavy (non-hydrogen) atoms. The number of aliphatic imine (C=N–C) groups is 1. The first-order chi connectivity index (χ1) is 11.0. The van der Waals surface area contributed by atoms with E-state index >= 15 is 0 Å². The summed E-state index contributed by atoms with van der Waals surface area (Å²) in [4.78, 5) is 6.80. The number of guanidine groups is 1. The Kier molecular flexibility index (Phi) is 8.97. The molecule has 1 aromatic rings. The molecule has 0 radical (unpaired) electrons. The Bertz CT molecular complexity index is 528. The van der Waals surface area contributed by atoms with Crippen molar-refractivity contribution in [1.29, 1.82) is 0 Å². The van der Waals surface area contributed by atoms with Crippen LogP contribution in [0.15, 0.2) is 29.3 Å². The molecule has 1 fully saturated rings. The number of halogens is 2. The van der Waals surface area contributed by atoms with Crippen molar-refractivity contribution in [3.63, 3.8) is 0 Å². The molecule has 0 aliphatic carbocycles. The number of hydrogen-bond acceptors (Lipinski definition) is 2. The maximum Gasteiger partial charge on any atom is 0.191 e. The quantitative estimate of drug-likeness (QED) is 0.412. The Morgan fingerprint density at radius 3 is 2.54 bits per heavy atom. The van der Waals surface area contributed by atoms with Crippen molar-refractivity contribution in [3.05, 3.63) is 35.6 Å². The number of benzene rings is 1. The lowest BCUT2D eigenvalue weighted by Crippen LogP contribution is -2.54. The van der Waals surface area contributed by atoms with Crippen molar-refractivity contribution in [2.45, 2.75) is 45.2 Å². The van der Waals surface area contributed by atoms with Crippen LogP contribution in [0.3, 0.4) is 0 Å². The number of rotatable bonds is 5. The molecular formula is C18H30FIN4. The van der Waals surface area contributed by atoms with E-state index in [0.29, 0.717) is 6.54 Å². The Morgan fingerprint density at radius 1 is 1.21 bits per heavy atom. The van der Waals surface area contributed by atoms with E-state index in [1.54, 1.807) is 13.1 Å². The maximum atomic E-state index is 13.2. The number of likely N-dealkylation sites (tertiary alicyclic amines) is 1. The van der Waals surface area contributed by atoms with Crippen LogP contribution in [0.1, 0.15) is 38.7 Å². The van der Waals surface area contributed by atoms with E-state index in [4.69, 9.17) is 0 Å². The van der Waals surface area contributed by atoms with Crippen LogP contribution in [0.4, 0.5) is 4.39 Å². The molecule has 1 saturated heterocycles. The molecule has 1 aliphatic heterocycles. The van der Waals surface area contributed by atoms with Gasteiger partial charge in [-0.1, -0.05) is 18.6 Å². The van der Waals surface area contributed by atoms with Crippen LogP contribution in [-0.4, -0.2) is 43.1 Å². The Hall–Kier alpha value is -0.890. The van der Waals surface area contributed by atoms with Crippen molar-refractivity contribution < 1.29 is 4.39 Å². The molecule has 2 rings (SSSR count). The fourth-order valence-electron chi connectivity index (χ4n) is 2.96. The van der Waals surface area contributed by atoms with E-state index in [-0.39, 0.29) is 35.3 Å². The number of nitrogens with zero attached hydrogens (tertiary/aromatic N) is 2. The van der Waals surface area contributed by atoms with Crippen molar-refractivity contribution >= 4 is 29.9 Å². The Morgan fingerprint density at radius 2 is 1.92 bits per heavy atom. The zero-order valence-corrected chi connectivity index (χ0v) is 17.3. The normalized spacial score (nSPS) is 16.4. The highest BCUT2D eigenvalue weighted by atomic mass is 127. The summed E-state index contributed by atoms with van der Waals surface area (Å²) in [6, 6.07) is 6.62. The topological polar surface area (TPSA) is 39.7 Å². The highest BCUT2D eigenvalue weighted by Gasteiger charge is 2.27. The molecule has 0 aromatic heterocycles. The van der Waals surface area contributed by atoms with Gasteiger partial charge in [0.05, 0.1) is 0 Å². The van der Waals surface area contributed by atoms with Crippen molar-refractivity contribution in [2.24, 2.45) is 4.99 Å². The van der Waals surface area contributed by atoms with Gasteiger partial charge in [-0.2, -0.15) is 0 Å². The average molecular weight is 448 g/mol. The van der Waals surface area contributed by atoms with Gasteiger partial charge in [0.15, 0.2) is 5.96 Å². The molecule has 4 nitrogen and oxygen atoms in total. The molecule has 0 spiro atoms. The lowest BCUT2D eigenvalue weighted by molar-refractivity contribution is 0.0982. The molecule has 0 atom stereocenters. The summed E-state index contributed by atoms with van der Waals surface area (Å²) in [5.41, 5.74) is 1.000. The van der Waals surface area contributed by atoms with Gasteiger partial charge in [-0.25, -0.2) is 4.39 Å². The minimum Gasteiger partial charge on any atom is -0.355 e. The zero-order valence-electron chi connectivity index (χ0n) is 14.9. The summed E-state index contributed by atoms with van der Waals surface area (Å²) in [6.07, 6.45) is 3.92. The predicted molar refractivity (Wildman–Crippen MR) is 110 cm³/mol. The van der Waals surface area contributed by atoms with E-state index < -0.39 is 0 Å². The molecule has 136 valence electrons. The fourth-order valence-corrected chi connectivity index (χ4v) is 2.96. The smallest absolute Gasteiger partial charge is 0.191 e. The summed E-state index contributed by atoms with van der Waals surface area (Å²) in [5.74, 6) is 0.540. The predicted octanol–water partition coefficient (Wildman–Crippen LogP) is 3.37. The summed E-state index contributed by atoms with van der Waals surface area (Å²) < 4.78 is 13.2. The van der Waals surface area contributed by atoms with E-state index in [1.807, 2.05) is 6.07 Å². The summed E-state index contributed by atoms with van der Waals surface area (Å²) in [7, 11) is 1.76. The van der Waals surface area contributed by atoms with Gasteiger partial charge in [-0.3, -0.25) is 9.89 Å². The first-order valence-corrected chi connectivity index (χ1v) is 8.45. The monoisotopic (exact) mass is 448 g/mol. The molecule has 1 aliphatic rings. The van der Waals surface area contributed by atoms with Crippen LogP contribution in [-0.2, 0) is 6.54 Å². The lowest BCUT2D eigenvalue weighted by atomic mass is 9.98.